The number of nitrogens with two attached hydrogens (primary N) is 1. The van der Waals surface area contributed by atoms with E-state index in [-0.39, 0.29) is 18.5 Å². The summed E-state index contributed by atoms with van der Waals surface area (Å²) in [5.74, 6) is -3.94. The number of carbonyl (C=O) groups is 1. The van der Waals surface area contributed by atoms with E-state index < -0.39 is 28.9 Å². The van der Waals surface area contributed by atoms with Crippen LogP contribution in [0.25, 0.3) is 0 Å². The molecule has 0 saturated carbocycles. The van der Waals surface area contributed by atoms with E-state index in [4.69, 9.17) is 5.73 Å². The quantitative estimate of drug-likeness (QED) is 0.849. The van der Waals surface area contributed by atoms with Crippen molar-refractivity contribution in [2.75, 3.05) is 13.1 Å². The van der Waals surface area contributed by atoms with Crippen LogP contribution >= 0.6 is 0 Å². The first-order valence-electron chi connectivity index (χ1n) is 6.09. The molecule has 3 nitrogen and oxygen atoms in total. The number of piperidine rings is 1. The summed E-state index contributed by atoms with van der Waals surface area (Å²) in [5, 5.41) is 0. The Morgan fingerprint density at radius 2 is 1.89 bits per heavy atom. The van der Waals surface area contributed by atoms with Crippen molar-refractivity contribution in [3.05, 3.63) is 35.1 Å². The first-order chi connectivity index (χ1) is 8.90. The number of amides is 1. The van der Waals surface area contributed by atoms with E-state index in [0.29, 0.717) is 25.1 Å². The van der Waals surface area contributed by atoms with Crippen molar-refractivity contribution in [2.45, 2.75) is 19.4 Å². The van der Waals surface area contributed by atoms with Crippen molar-refractivity contribution in [2.24, 2.45) is 11.7 Å². The second-order valence-corrected chi connectivity index (χ2v) is 4.93. The van der Waals surface area contributed by atoms with Crippen molar-refractivity contribution >= 4 is 5.91 Å². The van der Waals surface area contributed by atoms with Crippen LogP contribution in [0.4, 0.5) is 13.2 Å². The van der Waals surface area contributed by atoms with Gasteiger partial charge in [-0.1, -0.05) is 6.92 Å². The van der Waals surface area contributed by atoms with Crippen molar-refractivity contribution in [3.63, 3.8) is 0 Å². The van der Waals surface area contributed by atoms with Crippen LogP contribution in [0.1, 0.15) is 23.7 Å². The second-order valence-electron chi connectivity index (χ2n) is 4.93. The largest absolute Gasteiger partial charge is 0.337 e. The first-order valence-corrected chi connectivity index (χ1v) is 6.09. The highest BCUT2D eigenvalue weighted by Crippen LogP contribution is 2.21. The summed E-state index contributed by atoms with van der Waals surface area (Å²) < 4.78 is 39.9. The average Bonchev–Trinajstić information content (AvgIpc) is 2.31. The molecule has 1 amide bonds. The third-order valence-corrected chi connectivity index (χ3v) is 3.52. The lowest BCUT2D eigenvalue weighted by molar-refractivity contribution is 0.0662. The molecule has 2 unspecified atom stereocenters. The summed E-state index contributed by atoms with van der Waals surface area (Å²) in [6, 6.07) is 0.787. The van der Waals surface area contributed by atoms with Crippen LogP contribution in [0.15, 0.2) is 12.1 Å². The van der Waals surface area contributed by atoms with Crippen LogP contribution in [0.5, 0.6) is 0 Å². The highest BCUT2D eigenvalue weighted by Gasteiger charge is 2.30. The Kier molecular flexibility index (Phi) is 3.80. The van der Waals surface area contributed by atoms with Gasteiger partial charge in [-0.2, -0.15) is 0 Å². The van der Waals surface area contributed by atoms with Gasteiger partial charge >= 0.3 is 0 Å². The average molecular weight is 272 g/mol. The van der Waals surface area contributed by atoms with Gasteiger partial charge in [-0.3, -0.25) is 4.79 Å². The number of halogens is 3. The molecular weight excluding hydrogens is 257 g/mol. The number of likely N-dealkylation sites (tertiary alicyclic amines) is 1. The molecule has 1 heterocycles. The molecular formula is C13H15F3N2O. The summed E-state index contributed by atoms with van der Waals surface area (Å²) >= 11 is 0. The van der Waals surface area contributed by atoms with Crippen molar-refractivity contribution in [1.29, 1.82) is 0 Å². The molecule has 0 spiro atoms. The third-order valence-electron chi connectivity index (χ3n) is 3.52. The number of hydrogen-bond donors (Lipinski definition) is 1. The standard InChI is InChI=1S/C13H15F3N2O/c1-7-2-3-18(6-11(7)17)13(19)12-9(15)4-8(14)5-10(12)16/h4-5,7,11H,2-3,6,17H2,1H3. The fourth-order valence-corrected chi connectivity index (χ4v) is 2.19. The van der Waals surface area contributed by atoms with E-state index in [9.17, 15) is 18.0 Å². The van der Waals surface area contributed by atoms with E-state index in [0.717, 1.165) is 0 Å². The minimum Gasteiger partial charge on any atom is -0.337 e. The maximum Gasteiger partial charge on any atom is 0.259 e. The van der Waals surface area contributed by atoms with Gasteiger partial charge in [0.15, 0.2) is 0 Å². The van der Waals surface area contributed by atoms with Gasteiger partial charge in [0, 0.05) is 31.3 Å². The monoisotopic (exact) mass is 272 g/mol. The topological polar surface area (TPSA) is 46.3 Å². The van der Waals surface area contributed by atoms with Crippen molar-refractivity contribution in [3.8, 4) is 0 Å². The second kappa shape index (κ2) is 5.21. The molecule has 104 valence electrons. The normalized spacial score (nSPS) is 23.5. The predicted octanol–water partition coefficient (Wildman–Crippen LogP) is 1.91. The molecule has 1 aliphatic heterocycles. The Labute approximate surface area is 109 Å². The summed E-state index contributed by atoms with van der Waals surface area (Å²) in [5.41, 5.74) is 5.12. The summed E-state index contributed by atoms with van der Waals surface area (Å²) in [7, 11) is 0. The SMILES string of the molecule is CC1CCN(C(=O)c2c(F)cc(F)cc2F)CC1N. The number of benzene rings is 1. The van der Waals surface area contributed by atoms with Gasteiger partial charge in [0.05, 0.1) is 0 Å². The Bertz CT molecular complexity index is 484. The Morgan fingerprint density at radius 1 is 1.32 bits per heavy atom. The molecule has 0 aliphatic carbocycles. The van der Waals surface area contributed by atoms with Crippen LogP contribution in [-0.4, -0.2) is 29.9 Å². The maximum absolute atomic E-state index is 13.5. The number of nitrogens with zero attached hydrogens (tertiary/aromatic N) is 1. The number of rotatable bonds is 1. The summed E-state index contributed by atoms with van der Waals surface area (Å²) in [4.78, 5) is 13.4. The molecule has 1 saturated heterocycles. The lowest BCUT2D eigenvalue weighted by atomic mass is 9.94. The smallest absolute Gasteiger partial charge is 0.259 e. The van der Waals surface area contributed by atoms with Crippen LogP contribution < -0.4 is 5.73 Å². The molecule has 1 aromatic rings. The molecule has 0 bridgehead atoms. The van der Waals surface area contributed by atoms with E-state index in [2.05, 4.69) is 0 Å². The predicted molar refractivity (Wildman–Crippen MR) is 64.0 cm³/mol. The van der Waals surface area contributed by atoms with Crippen LogP contribution in [0.3, 0.4) is 0 Å². The zero-order valence-electron chi connectivity index (χ0n) is 10.5. The Hall–Kier alpha value is -1.56. The van der Waals surface area contributed by atoms with E-state index in [1.54, 1.807) is 0 Å². The van der Waals surface area contributed by atoms with Crippen molar-refractivity contribution in [1.82, 2.24) is 4.90 Å². The minimum atomic E-state index is -1.19. The molecule has 19 heavy (non-hydrogen) atoms. The summed E-state index contributed by atoms with van der Waals surface area (Å²) in [6.07, 6.45) is 0.678. The zero-order chi connectivity index (χ0) is 14.2. The lowest BCUT2D eigenvalue weighted by Crippen LogP contribution is -2.50. The Balaban J connectivity index is 2.25. The molecule has 1 aromatic carbocycles. The van der Waals surface area contributed by atoms with Gasteiger partial charge in [0.25, 0.3) is 5.91 Å². The third kappa shape index (κ3) is 2.73. The lowest BCUT2D eigenvalue weighted by Gasteiger charge is -2.35. The molecule has 0 radical (unpaired) electrons. The molecule has 0 aromatic heterocycles. The molecule has 2 atom stereocenters. The number of hydrogen-bond acceptors (Lipinski definition) is 2. The van der Waals surface area contributed by atoms with Crippen LogP contribution in [-0.2, 0) is 0 Å². The van der Waals surface area contributed by atoms with Gasteiger partial charge in [-0.25, -0.2) is 13.2 Å². The van der Waals surface area contributed by atoms with Gasteiger partial charge in [-0.15, -0.1) is 0 Å². The van der Waals surface area contributed by atoms with Gasteiger partial charge in [0.2, 0.25) is 0 Å². The first kappa shape index (κ1) is 13.9. The van der Waals surface area contributed by atoms with Gasteiger partial charge < -0.3 is 10.6 Å². The molecule has 2 rings (SSSR count). The molecule has 6 heteroatoms. The van der Waals surface area contributed by atoms with Crippen LogP contribution in [0, 0.1) is 23.4 Å². The van der Waals surface area contributed by atoms with Crippen molar-refractivity contribution < 1.29 is 18.0 Å². The fourth-order valence-electron chi connectivity index (χ4n) is 2.19. The fraction of sp³-hybridized carbons (Fsp3) is 0.462. The van der Waals surface area contributed by atoms with Gasteiger partial charge in [-0.05, 0) is 12.3 Å². The van der Waals surface area contributed by atoms with Crippen LogP contribution in [0.2, 0.25) is 0 Å². The molecule has 1 fully saturated rings. The molecule has 2 N–H and O–H groups in total. The summed E-state index contributed by atoms with van der Waals surface area (Å²) in [6.45, 7) is 2.60. The van der Waals surface area contributed by atoms with E-state index >= 15 is 0 Å². The highest BCUT2D eigenvalue weighted by atomic mass is 19.1. The highest BCUT2D eigenvalue weighted by molar-refractivity contribution is 5.94. The number of carbonyl (C=O) groups excluding carboxylic acids is 1. The van der Waals surface area contributed by atoms with E-state index in [1.165, 1.54) is 4.90 Å². The minimum absolute atomic E-state index is 0.218. The van der Waals surface area contributed by atoms with Gasteiger partial charge in [0.1, 0.15) is 23.0 Å². The van der Waals surface area contributed by atoms with E-state index in [1.807, 2.05) is 6.92 Å². The molecule has 1 aliphatic rings. The zero-order valence-corrected chi connectivity index (χ0v) is 10.5. The Morgan fingerprint density at radius 3 is 2.42 bits per heavy atom. The maximum atomic E-state index is 13.5.